The van der Waals surface area contributed by atoms with Gasteiger partial charge in [-0.2, -0.15) is 0 Å². The zero-order valence-corrected chi connectivity index (χ0v) is 13.8. The fourth-order valence-corrected chi connectivity index (χ4v) is 3.39. The van der Waals surface area contributed by atoms with Gasteiger partial charge in [0.2, 0.25) is 0 Å². The van der Waals surface area contributed by atoms with Crippen molar-refractivity contribution in [3.63, 3.8) is 0 Å². The lowest BCUT2D eigenvalue weighted by atomic mass is 10.2. The summed E-state index contributed by atoms with van der Waals surface area (Å²) < 4.78 is 29.4. The van der Waals surface area contributed by atoms with Crippen LogP contribution in [0, 0.1) is 0 Å². The molecule has 0 N–H and O–H groups in total. The van der Waals surface area contributed by atoms with Crippen LogP contribution in [0.1, 0.15) is 6.92 Å². The highest BCUT2D eigenvalue weighted by atomic mass is 32.2. The number of nitrogens with zero attached hydrogens (tertiary/aromatic N) is 2. The van der Waals surface area contributed by atoms with Crippen LogP contribution in [-0.4, -0.2) is 65.5 Å². The van der Waals surface area contributed by atoms with Gasteiger partial charge >= 0.3 is 0 Å². The molecule has 0 aromatic heterocycles. The van der Waals surface area contributed by atoms with Gasteiger partial charge in [-0.25, -0.2) is 8.42 Å². The Hall–Kier alpha value is -1.11. The number of morpholine rings is 1. The molecule has 0 amide bonds. The van der Waals surface area contributed by atoms with Crippen molar-refractivity contribution < 1.29 is 13.2 Å². The van der Waals surface area contributed by atoms with Crippen molar-refractivity contribution in [3.8, 4) is 0 Å². The van der Waals surface area contributed by atoms with Gasteiger partial charge < -0.3 is 14.5 Å². The average molecular weight is 312 g/mol. The average Bonchev–Trinajstić information content (AvgIpc) is 2.47. The summed E-state index contributed by atoms with van der Waals surface area (Å²) in [6.45, 7) is 4.92. The summed E-state index contributed by atoms with van der Waals surface area (Å²) in [5.74, 6) is 0.134. The van der Waals surface area contributed by atoms with E-state index in [4.69, 9.17) is 4.74 Å². The highest BCUT2D eigenvalue weighted by Crippen LogP contribution is 2.21. The molecule has 118 valence electrons. The van der Waals surface area contributed by atoms with E-state index >= 15 is 0 Å². The first kappa shape index (κ1) is 16.3. The van der Waals surface area contributed by atoms with E-state index in [-0.39, 0.29) is 11.9 Å². The van der Waals surface area contributed by atoms with Gasteiger partial charge in [-0.05, 0) is 38.4 Å². The fraction of sp³-hybridized carbons (Fsp3) is 0.600. The molecule has 0 aliphatic carbocycles. The maximum Gasteiger partial charge on any atom is 0.178 e. The lowest BCUT2D eigenvalue weighted by molar-refractivity contribution is 0.0248. The Kier molecular flexibility index (Phi) is 5.24. The van der Waals surface area contributed by atoms with E-state index in [1.807, 2.05) is 26.2 Å². The van der Waals surface area contributed by atoms with E-state index in [0.29, 0.717) is 11.5 Å². The van der Waals surface area contributed by atoms with Crippen molar-refractivity contribution in [1.29, 1.82) is 0 Å². The Labute approximate surface area is 127 Å². The molecule has 2 rings (SSSR count). The van der Waals surface area contributed by atoms with Gasteiger partial charge in [-0.1, -0.05) is 6.92 Å². The second kappa shape index (κ2) is 6.77. The van der Waals surface area contributed by atoms with Crippen LogP contribution in [0.25, 0.3) is 0 Å². The molecule has 5 nitrogen and oxygen atoms in total. The predicted molar refractivity (Wildman–Crippen MR) is 84.7 cm³/mol. The molecule has 1 saturated heterocycles. The second-order valence-electron chi connectivity index (χ2n) is 5.60. The number of hydrogen-bond donors (Lipinski definition) is 0. The molecule has 0 saturated carbocycles. The molecule has 21 heavy (non-hydrogen) atoms. The summed E-state index contributed by atoms with van der Waals surface area (Å²) in [5, 5.41) is 0. The number of sulfone groups is 1. The van der Waals surface area contributed by atoms with Crippen LogP contribution in [0.15, 0.2) is 29.2 Å². The second-order valence-corrected chi connectivity index (χ2v) is 7.88. The van der Waals surface area contributed by atoms with Crippen LogP contribution in [0.5, 0.6) is 0 Å². The normalized spacial score (nSPS) is 20.0. The number of benzene rings is 1. The van der Waals surface area contributed by atoms with E-state index in [1.54, 1.807) is 19.1 Å². The summed E-state index contributed by atoms with van der Waals surface area (Å²) >= 11 is 0. The standard InChI is InChI=1S/C15H24N2O3S/c1-4-21(18,19)15-7-5-13(6-8-15)17-9-10-20-14(12-17)11-16(2)3/h5-8,14H,4,9-12H2,1-3H3/t14-/m1/s1. The van der Waals surface area contributed by atoms with Crippen molar-refractivity contribution in [2.75, 3.05) is 51.0 Å². The van der Waals surface area contributed by atoms with Crippen LogP contribution >= 0.6 is 0 Å². The molecule has 1 aliphatic rings. The minimum Gasteiger partial charge on any atom is -0.373 e. The van der Waals surface area contributed by atoms with Gasteiger partial charge in [-0.3, -0.25) is 0 Å². The molecule has 0 spiro atoms. The predicted octanol–water partition coefficient (Wildman–Crippen LogP) is 1.25. The number of likely N-dealkylation sites (N-methyl/N-ethyl adjacent to an activating group) is 1. The Morgan fingerprint density at radius 3 is 2.52 bits per heavy atom. The Bertz CT molecular complexity index is 555. The lowest BCUT2D eigenvalue weighted by Gasteiger charge is -2.35. The van der Waals surface area contributed by atoms with Gasteiger partial charge in [0.15, 0.2) is 9.84 Å². The summed E-state index contributed by atoms with van der Waals surface area (Å²) in [6.07, 6.45) is 0.188. The zero-order chi connectivity index (χ0) is 15.5. The zero-order valence-electron chi connectivity index (χ0n) is 12.9. The minimum absolute atomic E-state index is 0.134. The van der Waals surface area contributed by atoms with Crippen molar-refractivity contribution in [3.05, 3.63) is 24.3 Å². The highest BCUT2D eigenvalue weighted by Gasteiger charge is 2.21. The van der Waals surface area contributed by atoms with Crippen LogP contribution in [-0.2, 0) is 14.6 Å². The summed E-state index contributed by atoms with van der Waals surface area (Å²) in [7, 11) is 0.947. The number of ether oxygens (including phenoxy) is 1. The first-order valence-corrected chi connectivity index (χ1v) is 8.91. The topological polar surface area (TPSA) is 49.9 Å². The molecule has 0 unspecified atom stereocenters. The molecule has 1 aliphatic heterocycles. The molecule has 6 heteroatoms. The SMILES string of the molecule is CCS(=O)(=O)c1ccc(N2CCO[C@H](CN(C)C)C2)cc1. The summed E-state index contributed by atoms with van der Waals surface area (Å²) in [5.41, 5.74) is 1.05. The van der Waals surface area contributed by atoms with E-state index in [1.165, 1.54) is 0 Å². The number of hydrogen-bond acceptors (Lipinski definition) is 5. The Morgan fingerprint density at radius 1 is 1.29 bits per heavy atom. The molecule has 1 atom stereocenters. The Morgan fingerprint density at radius 2 is 1.95 bits per heavy atom. The minimum atomic E-state index is -3.12. The van der Waals surface area contributed by atoms with Crippen LogP contribution < -0.4 is 4.90 Å². The van der Waals surface area contributed by atoms with Gasteiger partial charge in [-0.15, -0.1) is 0 Å². The Balaban J connectivity index is 2.08. The third-order valence-corrected chi connectivity index (χ3v) is 5.40. The quantitative estimate of drug-likeness (QED) is 0.819. The van der Waals surface area contributed by atoms with Crippen LogP contribution in [0.2, 0.25) is 0 Å². The molecule has 1 fully saturated rings. The van der Waals surface area contributed by atoms with Crippen molar-refractivity contribution in [2.24, 2.45) is 0 Å². The fourth-order valence-electron chi connectivity index (χ4n) is 2.50. The maximum absolute atomic E-state index is 11.8. The van der Waals surface area contributed by atoms with Crippen molar-refractivity contribution in [2.45, 2.75) is 17.9 Å². The van der Waals surface area contributed by atoms with E-state index < -0.39 is 9.84 Å². The van der Waals surface area contributed by atoms with Gasteiger partial charge in [0.05, 0.1) is 23.4 Å². The highest BCUT2D eigenvalue weighted by molar-refractivity contribution is 7.91. The molecule has 0 bridgehead atoms. The molecule has 0 radical (unpaired) electrons. The molecule has 1 heterocycles. The summed E-state index contributed by atoms with van der Waals surface area (Å²) in [6, 6.07) is 7.18. The maximum atomic E-state index is 11.8. The van der Waals surface area contributed by atoms with E-state index in [9.17, 15) is 8.42 Å². The first-order chi connectivity index (χ1) is 9.92. The molecular weight excluding hydrogens is 288 g/mol. The van der Waals surface area contributed by atoms with Crippen LogP contribution in [0.4, 0.5) is 5.69 Å². The van der Waals surface area contributed by atoms with Gasteiger partial charge in [0.25, 0.3) is 0 Å². The molecular formula is C15H24N2O3S. The smallest absolute Gasteiger partial charge is 0.178 e. The summed E-state index contributed by atoms with van der Waals surface area (Å²) in [4.78, 5) is 4.76. The van der Waals surface area contributed by atoms with Crippen molar-refractivity contribution >= 4 is 15.5 Å². The molecule has 1 aromatic rings. The van der Waals surface area contributed by atoms with Crippen molar-refractivity contribution in [1.82, 2.24) is 4.90 Å². The first-order valence-electron chi connectivity index (χ1n) is 7.26. The largest absolute Gasteiger partial charge is 0.373 e. The third-order valence-electron chi connectivity index (χ3n) is 3.65. The van der Waals surface area contributed by atoms with Gasteiger partial charge in [0.1, 0.15) is 0 Å². The molecule has 1 aromatic carbocycles. The van der Waals surface area contributed by atoms with E-state index in [2.05, 4.69) is 9.80 Å². The number of rotatable bonds is 5. The lowest BCUT2D eigenvalue weighted by Crippen LogP contribution is -2.46. The van der Waals surface area contributed by atoms with Gasteiger partial charge in [0, 0.05) is 25.3 Å². The third kappa shape index (κ3) is 4.18. The van der Waals surface area contributed by atoms with E-state index in [0.717, 1.165) is 25.3 Å². The van der Waals surface area contributed by atoms with Crippen LogP contribution in [0.3, 0.4) is 0 Å². The number of anilines is 1. The monoisotopic (exact) mass is 312 g/mol.